The smallest absolute Gasteiger partial charge is 0.340 e. The summed E-state index contributed by atoms with van der Waals surface area (Å²) >= 11 is 3.04. The van der Waals surface area contributed by atoms with Gasteiger partial charge in [0.2, 0.25) is 0 Å². The number of hydrogen-bond acceptors (Lipinski definition) is 5. The summed E-state index contributed by atoms with van der Waals surface area (Å²) in [4.78, 5) is 28.0. The molecule has 3 heterocycles. The average molecular weight is 347 g/mol. The Bertz CT molecular complexity index is 684. The molecule has 0 atom stereocenters. The Morgan fingerprint density at radius 2 is 1.87 bits per heavy atom. The summed E-state index contributed by atoms with van der Waals surface area (Å²) in [5.41, 5.74) is 0.497. The van der Waals surface area contributed by atoms with E-state index >= 15 is 0 Å². The largest absolute Gasteiger partial charge is 0.452 e. The number of amides is 1. The maximum atomic E-state index is 12.4. The van der Waals surface area contributed by atoms with Gasteiger partial charge < -0.3 is 9.64 Å². The van der Waals surface area contributed by atoms with Crippen LogP contribution in [0.15, 0.2) is 35.0 Å². The molecule has 2 aromatic heterocycles. The maximum absolute atomic E-state index is 12.4. The van der Waals surface area contributed by atoms with Crippen molar-refractivity contribution in [2.45, 2.75) is 12.8 Å². The molecule has 2 aromatic rings. The summed E-state index contributed by atoms with van der Waals surface area (Å²) in [7, 11) is 0. The molecule has 0 bridgehead atoms. The van der Waals surface area contributed by atoms with Gasteiger partial charge in [0.15, 0.2) is 6.61 Å². The van der Waals surface area contributed by atoms with Crippen LogP contribution in [0.5, 0.6) is 0 Å². The molecule has 0 unspecified atom stereocenters. The van der Waals surface area contributed by atoms with E-state index in [1.54, 1.807) is 16.2 Å². The quantitative estimate of drug-likeness (QED) is 0.614. The third-order valence-electron chi connectivity index (χ3n) is 3.62. The van der Waals surface area contributed by atoms with Crippen LogP contribution in [0.3, 0.4) is 0 Å². The van der Waals surface area contributed by atoms with E-state index in [4.69, 9.17) is 4.74 Å². The fourth-order valence-electron chi connectivity index (χ4n) is 2.44. The molecule has 0 radical (unpaired) electrons. The number of nitrogens with zero attached hydrogens (tertiary/aromatic N) is 1. The minimum atomic E-state index is -0.451. The summed E-state index contributed by atoms with van der Waals surface area (Å²) in [6.45, 7) is 1.34. The molecule has 0 aliphatic carbocycles. The van der Waals surface area contributed by atoms with Crippen molar-refractivity contribution >= 4 is 46.2 Å². The zero-order valence-corrected chi connectivity index (χ0v) is 14.2. The zero-order chi connectivity index (χ0) is 16.1. The molecule has 23 heavy (non-hydrogen) atoms. The van der Waals surface area contributed by atoms with Gasteiger partial charge in [-0.1, -0.05) is 12.1 Å². The second kappa shape index (κ2) is 7.57. The van der Waals surface area contributed by atoms with Crippen LogP contribution in [0, 0.1) is 0 Å². The van der Waals surface area contributed by atoms with Gasteiger partial charge in [0.1, 0.15) is 0 Å². The second-order valence-electron chi connectivity index (χ2n) is 5.21. The average Bonchev–Trinajstić information content (AvgIpc) is 3.32. The standard InChI is InChI=1S/C17H17NO3S2/c19-16(18-7-1-2-8-18)12-21-17(20)14(15-6-4-10-23-15)11-13-5-3-9-22-13/h3-6,9-11H,1-2,7-8,12H2. The summed E-state index contributed by atoms with van der Waals surface area (Å²) < 4.78 is 5.26. The highest BCUT2D eigenvalue weighted by atomic mass is 32.1. The second-order valence-corrected chi connectivity index (χ2v) is 7.14. The number of esters is 1. The number of rotatable bonds is 5. The van der Waals surface area contributed by atoms with Gasteiger partial charge >= 0.3 is 5.97 Å². The van der Waals surface area contributed by atoms with Gasteiger partial charge in [-0.25, -0.2) is 4.79 Å². The first kappa shape index (κ1) is 16.0. The molecule has 4 nitrogen and oxygen atoms in total. The molecule has 0 spiro atoms. The van der Waals surface area contributed by atoms with Crippen molar-refractivity contribution < 1.29 is 14.3 Å². The van der Waals surface area contributed by atoms with E-state index in [0.29, 0.717) is 5.57 Å². The molecule has 0 saturated carbocycles. The van der Waals surface area contributed by atoms with Crippen molar-refractivity contribution in [2.75, 3.05) is 19.7 Å². The highest BCUT2D eigenvalue weighted by molar-refractivity contribution is 7.12. The molecule has 6 heteroatoms. The highest BCUT2D eigenvalue weighted by Gasteiger charge is 2.21. The molecular weight excluding hydrogens is 330 g/mol. The SMILES string of the molecule is O=C(OCC(=O)N1CCCC1)C(=Cc1cccs1)c1cccs1. The first-order valence-electron chi connectivity index (χ1n) is 7.48. The molecule has 1 aliphatic heterocycles. The summed E-state index contributed by atoms with van der Waals surface area (Å²) in [5, 5.41) is 3.88. The van der Waals surface area contributed by atoms with Crippen molar-refractivity contribution in [3.8, 4) is 0 Å². The maximum Gasteiger partial charge on any atom is 0.340 e. The molecule has 1 saturated heterocycles. The Morgan fingerprint density at radius 1 is 1.13 bits per heavy atom. The molecule has 1 fully saturated rings. The lowest BCUT2D eigenvalue weighted by atomic mass is 10.2. The van der Waals surface area contributed by atoms with E-state index in [-0.39, 0.29) is 12.5 Å². The van der Waals surface area contributed by atoms with Crippen LogP contribution >= 0.6 is 22.7 Å². The van der Waals surface area contributed by atoms with E-state index in [1.165, 1.54) is 11.3 Å². The number of ether oxygens (including phenoxy) is 1. The van der Waals surface area contributed by atoms with Gasteiger partial charge in [-0.2, -0.15) is 0 Å². The lowest BCUT2D eigenvalue weighted by molar-refractivity contribution is -0.146. The van der Waals surface area contributed by atoms with Crippen molar-refractivity contribution in [3.05, 3.63) is 44.8 Å². The molecule has 1 aliphatic rings. The number of hydrogen-bond donors (Lipinski definition) is 0. The Labute approximate surface area is 143 Å². The Kier molecular flexibility index (Phi) is 5.25. The highest BCUT2D eigenvalue weighted by Crippen LogP contribution is 2.25. The van der Waals surface area contributed by atoms with Crippen LogP contribution < -0.4 is 0 Å². The zero-order valence-electron chi connectivity index (χ0n) is 12.6. The third kappa shape index (κ3) is 4.09. The fraction of sp³-hybridized carbons (Fsp3) is 0.294. The first-order chi connectivity index (χ1) is 11.2. The van der Waals surface area contributed by atoms with E-state index in [1.807, 2.05) is 41.1 Å². The molecule has 3 rings (SSSR count). The van der Waals surface area contributed by atoms with Crippen molar-refractivity contribution in [2.24, 2.45) is 0 Å². The monoisotopic (exact) mass is 347 g/mol. The summed E-state index contributed by atoms with van der Waals surface area (Å²) in [6.07, 6.45) is 3.87. The summed E-state index contributed by atoms with van der Waals surface area (Å²) in [6, 6.07) is 7.66. The molecular formula is C17H17NO3S2. The van der Waals surface area contributed by atoms with Gasteiger partial charge in [-0.15, -0.1) is 22.7 Å². The first-order valence-corrected chi connectivity index (χ1v) is 9.24. The van der Waals surface area contributed by atoms with Crippen LogP contribution in [0.2, 0.25) is 0 Å². The summed E-state index contributed by atoms with van der Waals surface area (Å²) in [5.74, 6) is -0.564. The van der Waals surface area contributed by atoms with Gasteiger partial charge in [0, 0.05) is 22.8 Å². The third-order valence-corrected chi connectivity index (χ3v) is 5.34. The van der Waals surface area contributed by atoms with Crippen LogP contribution in [0.1, 0.15) is 22.6 Å². The normalized spacial score (nSPS) is 15.0. The van der Waals surface area contributed by atoms with Gasteiger partial charge in [-0.3, -0.25) is 4.79 Å². The van der Waals surface area contributed by atoms with Gasteiger partial charge in [0.05, 0.1) is 5.57 Å². The number of thiophene rings is 2. The molecule has 1 amide bonds. The number of carbonyl (C=O) groups excluding carboxylic acids is 2. The van der Waals surface area contributed by atoms with Crippen molar-refractivity contribution in [1.29, 1.82) is 0 Å². The minimum absolute atomic E-state index is 0.113. The van der Waals surface area contributed by atoms with Crippen molar-refractivity contribution in [3.63, 3.8) is 0 Å². The Morgan fingerprint density at radius 3 is 2.52 bits per heavy atom. The van der Waals surface area contributed by atoms with E-state index in [0.717, 1.165) is 35.7 Å². The minimum Gasteiger partial charge on any atom is -0.452 e. The predicted octanol–water partition coefficient (Wildman–Crippen LogP) is 3.52. The van der Waals surface area contributed by atoms with Crippen LogP contribution in [0.4, 0.5) is 0 Å². The molecule has 0 N–H and O–H groups in total. The van der Waals surface area contributed by atoms with Crippen LogP contribution in [-0.4, -0.2) is 36.5 Å². The fourth-order valence-corrected chi connectivity index (χ4v) is 3.83. The van der Waals surface area contributed by atoms with Gasteiger partial charge in [0.25, 0.3) is 5.91 Å². The van der Waals surface area contributed by atoms with E-state index in [2.05, 4.69) is 0 Å². The van der Waals surface area contributed by atoms with Crippen LogP contribution in [0.25, 0.3) is 11.6 Å². The Hall–Kier alpha value is -1.92. The topological polar surface area (TPSA) is 46.6 Å². The van der Waals surface area contributed by atoms with Gasteiger partial charge in [-0.05, 0) is 41.8 Å². The molecule has 120 valence electrons. The lowest BCUT2D eigenvalue weighted by Crippen LogP contribution is -2.32. The van der Waals surface area contributed by atoms with E-state index in [9.17, 15) is 9.59 Å². The Balaban J connectivity index is 1.69. The number of carbonyl (C=O) groups is 2. The lowest BCUT2D eigenvalue weighted by Gasteiger charge is -2.15. The van der Waals surface area contributed by atoms with Crippen LogP contribution in [-0.2, 0) is 14.3 Å². The van der Waals surface area contributed by atoms with E-state index < -0.39 is 5.97 Å². The molecule has 0 aromatic carbocycles. The number of likely N-dealkylation sites (tertiary alicyclic amines) is 1. The predicted molar refractivity (Wildman–Crippen MR) is 93.3 cm³/mol. The van der Waals surface area contributed by atoms with Crippen molar-refractivity contribution in [1.82, 2.24) is 4.90 Å².